The van der Waals surface area contributed by atoms with Crippen molar-refractivity contribution in [1.29, 1.82) is 0 Å². The summed E-state index contributed by atoms with van der Waals surface area (Å²) in [5.41, 5.74) is 2.73. The van der Waals surface area contributed by atoms with Gasteiger partial charge >= 0.3 is 0 Å². The SMILES string of the molecule is O=C(CCc1ccc2ccccc2c1)NO. The first-order chi connectivity index (χ1) is 7.79. The summed E-state index contributed by atoms with van der Waals surface area (Å²) in [4.78, 5) is 10.9. The van der Waals surface area contributed by atoms with Gasteiger partial charge in [0.05, 0.1) is 0 Å². The van der Waals surface area contributed by atoms with Crippen LogP contribution in [0.1, 0.15) is 12.0 Å². The molecule has 3 nitrogen and oxygen atoms in total. The van der Waals surface area contributed by atoms with Crippen molar-refractivity contribution in [2.24, 2.45) is 0 Å². The summed E-state index contributed by atoms with van der Waals surface area (Å²) in [5, 5.41) is 10.7. The van der Waals surface area contributed by atoms with Crippen LogP contribution in [0.15, 0.2) is 42.5 Å². The van der Waals surface area contributed by atoms with E-state index in [2.05, 4.69) is 12.1 Å². The Hall–Kier alpha value is -1.87. The molecule has 0 atom stereocenters. The quantitative estimate of drug-likeness (QED) is 0.609. The van der Waals surface area contributed by atoms with Gasteiger partial charge in [0.25, 0.3) is 0 Å². The van der Waals surface area contributed by atoms with E-state index in [4.69, 9.17) is 5.21 Å². The summed E-state index contributed by atoms with van der Waals surface area (Å²) in [6.45, 7) is 0. The van der Waals surface area contributed by atoms with Gasteiger partial charge in [0, 0.05) is 6.42 Å². The number of hydrogen-bond acceptors (Lipinski definition) is 2. The van der Waals surface area contributed by atoms with Gasteiger partial charge in [-0.2, -0.15) is 0 Å². The molecule has 82 valence electrons. The van der Waals surface area contributed by atoms with Gasteiger partial charge in [0.2, 0.25) is 5.91 Å². The molecule has 1 amide bonds. The lowest BCUT2D eigenvalue weighted by atomic mass is 10.0. The normalized spacial score (nSPS) is 10.3. The van der Waals surface area contributed by atoms with E-state index in [0.29, 0.717) is 12.8 Å². The van der Waals surface area contributed by atoms with Crippen LogP contribution in [0.25, 0.3) is 10.8 Å². The highest BCUT2D eigenvalue weighted by molar-refractivity contribution is 5.83. The van der Waals surface area contributed by atoms with Crippen molar-refractivity contribution in [2.45, 2.75) is 12.8 Å². The van der Waals surface area contributed by atoms with Crippen LogP contribution in [0.2, 0.25) is 0 Å². The van der Waals surface area contributed by atoms with Crippen molar-refractivity contribution in [3.05, 3.63) is 48.0 Å². The van der Waals surface area contributed by atoms with Crippen molar-refractivity contribution in [3.63, 3.8) is 0 Å². The van der Waals surface area contributed by atoms with Crippen LogP contribution < -0.4 is 5.48 Å². The highest BCUT2D eigenvalue weighted by atomic mass is 16.5. The minimum Gasteiger partial charge on any atom is -0.289 e. The van der Waals surface area contributed by atoms with E-state index in [1.165, 1.54) is 10.8 Å². The molecule has 0 fully saturated rings. The third kappa shape index (κ3) is 2.38. The lowest BCUT2D eigenvalue weighted by molar-refractivity contribution is -0.129. The van der Waals surface area contributed by atoms with Gasteiger partial charge < -0.3 is 0 Å². The van der Waals surface area contributed by atoms with Gasteiger partial charge in [-0.25, -0.2) is 5.48 Å². The van der Waals surface area contributed by atoms with Crippen molar-refractivity contribution in [2.75, 3.05) is 0 Å². The standard InChI is InChI=1S/C13H13NO2/c15-13(14-16)8-6-10-5-7-11-3-1-2-4-12(11)9-10/h1-5,7,9,16H,6,8H2,(H,14,15). The van der Waals surface area contributed by atoms with Crippen LogP contribution in [-0.4, -0.2) is 11.1 Å². The minimum absolute atomic E-state index is 0.300. The molecule has 2 aromatic carbocycles. The smallest absolute Gasteiger partial charge is 0.243 e. The van der Waals surface area contributed by atoms with E-state index in [9.17, 15) is 4.79 Å². The molecule has 0 unspecified atom stereocenters. The fraction of sp³-hybridized carbons (Fsp3) is 0.154. The predicted octanol–water partition coefficient (Wildman–Crippen LogP) is 2.28. The number of benzene rings is 2. The van der Waals surface area contributed by atoms with E-state index in [-0.39, 0.29) is 5.91 Å². The van der Waals surface area contributed by atoms with Crippen LogP contribution >= 0.6 is 0 Å². The molecule has 0 aromatic heterocycles. The van der Waals surface area contributed by atoms with E-state index >= 15 is 0 Å². The van der Waals surface area contributed by atoms with Gasteiger partial charge in [-0.1, -0.05) is 42.5 Å². The maximum atomic E-state index is 10.9. The topological polar surface area (TPSA) is 49.3 Å². The molecule has 0 saturated heterocycles. The van der Waals surface area contributed by atoms with Gasteiger partial charge in [-0.15, -0.1) is 0 Å². The third-order valence-corrected chi connectivity index (χ3v) is 2.58. The Morgan fingerprint density at radius 3 is 2.62 bits per heavy atom. The summed E-state index contributed by atoms with van der Waals surface area (Å²) in [7, 11) is 0. The van der Waals surface area contributed by atoms with Crippen LogP contribution in [0.4, 0.5) is 0 Å². The molecule has 0 radical (unpaired) electrons. The Balaban J connectivity index is 2.16. The van der Waals surface area contributed by atoms with Crippen LogP contribution in [0.5, 0.6) is 0 Å². The van der Waals surface area contributed by atoms with Crippen molar-refractivity contribution in [3.8, 4) is 0 Å². The number of carbonyl (C=O) groups excluding carboxylic acids is 1. The Bertz CT molecular complexity index is 508. The zero-order valence-electron chi connectivity index (χ0n) is 8.81. The molecule has 0 aliphatic heterocycles. The Morgan fingerprint density at radius 1 is 1.12 bits per heavy atom. The van der Waals surface area contributed by atoms with Gasteiger partial charge in [-0.05, 0) is 22.8 Å². The zero-order valence-corrected chi connectivity index (χ0v) is 8.81. The molecule has 0 aliphatic rings. The molecule has 3 heteroatoms. The van der Waals surface area contributed by atoms with E-state index < -0.39 is 0 Å². The van der Waals surface area contributed by atoms with Crippen LogP contribution in [0.3, 0.4) is 0 Å². The minimum atomic E-state index is -0.354. The lowest BCUT2D eigenvalue weighted by Gasteiger charge is -2.03. The molecular weight excluding hydrogens is 202 g/mol. The molecular formula is C13H13NO2. The second-order valence-electron chi connectivity index (χ2n) is 3.72. The predicted molar refractivity (Wildman–Crippen MR) is 62.2 cm³/mol. The first-order valence-electron chi connectivity index (χ1n) is 5.20. The number of carbonyl (C=O) groups is 1. The Labute approximate surface area is 93.7 Å². The van der Waals surface area contributed by atoms with Gasteiger partial charge in [0.15, 0.2) is 0 Å². The number of rotatable bonds is 3. The van der Waals surface area contributed by atoms with E-state index in [0.717, 1.165) is 5.56 Å². The second kappa shape index (κ2) is 4.77. The first kappa shape index (κ1) is 10.6. The maximum Gasteiger partial charge on any atom is 0.243 e. The van der Waals surface area contributed by atoms with E-state index in [1.807, 2.05) is 30.3 Å². The number of hydroxylamine groups is 1. The molecule has 0 saturated carbocycles. The molecule has 0 heterocycles. The van der Waals surface area contributed by atoms with Crippen LogP contribution in [0, 0.1) is 0 Å². The highest BCUT2D eigenvalue weighted by Gasteiger charge is 2.01. The molecule has 0 spiro atoms. The van der Waals surface area contributed by atoms with Crippen molar-refractivity contribution in [1.82, 2.24) is 5.48 Å². The van der Waals surface area contributed by atoms with Gasteiger partial charge in [-0.3, -0.25) is 10.0 Å². The first-order valence-corrected chi connectivity index (χ1v) is 5.20. The number of aryl methyl sites for hydroxylation is 1. The summed E-state index contributed by atoms with van der Waals surface area (Å²) in [5.74, 6) is -0.354. The summed E-state index contributed by atoms with van der Waals surface area (Å²) >= 11 is 0. The lowest BCUT2D eigenvalue weighted by Crippen LogP contribution is -2.18. The zero-order chi connectivity index (χ0) is 11.4. The molecule has 2 rings (SSSR count). The highest BCUT2D eigenvalue weighted by Crippen LogP contribution is 2.16. The summed E-state index contributed by atoms with van der Waals surface area (Å²) in [6.07, 6.45) is 0.937. The third-order valence-electron chi connectivity index (χ3n) is 2.58. The number of nitrogens with one attached hydrogen (secondary N) is 1. The van der Waals surface area contributed by atoms with Crippen LogP contribution in [-0.2, 0) is 11.2 Å². The summed E-state index contributed by atoms with van der Waals surface area (Å²) in [6, 6.07) is 14.2. The average molecular weight is 215 g/mol. The molecule has 2 N–H and O–H groups in total. The Kier molecular flexibility index (Phi) is 3.17. The summed E-state index contributed by atoms with van der Waals surface area (Å²) < 4.78 is 0. The fourth-order valence-corrected chi connectivity index (χ4v) is 1.71. The molecule has 16 heavy (non-hydrogen) atoms. The van der Waals surface area contributed by atoms with Crippen molar-refractivity contribution >= 4 is 16.7 Å². The second-order valence-corrected chi connectivity index (χ2v) is 3.72. The average Bonchev–Trinajstić information content (AvgIpc) is 2.35. The number of hydrogen-bond donors (Lipinski definition) is 2. The van der Waals surface area contributed by atoms with Gasteiger partial charge in [0.1, 0.15) is 0 Å². The largest absolute Gasteiger partial charge is 0.289 e. The number of fused-ring (bicyclic) bond motifs is 1. The Morgan fingerprint density at radius 2 is 1.88 bits per heavy atom. The molecule has 2 aromatic rings. The fourth-order valence-electron chi connectivity index (χ4n) is 1.71. The number of amides is 1. The monoisotopic (exact) mass is 215 g/mol. The maximum absolute atomic E-state index is 10.9. The van der Waals surface area contributed by atoms with E-state index in [1.54, 1.807) is 5.48 Å². The molecule has 0 bridgehead atoms. The molecule has 0 aliphatic carbocycles. The van der Waals surface area contributed by atoms with Crippen molar-refractivity contribution < 1.29 is 10.0 Å².